The molecule has 1 aliphatic heterocycles. The minimum atomic E-state index is 0.310. The summed E-state index contributed by atoms with van der Waals surface area (Å²) < 4.78 is 0. The fraction of sp³-hybridized carbons (Fsp3) is 0.643. The van der Waals surface area contributed by atoms with Gasteiger partial charge < -0.3 is 10.6 Å². The summed E-state index contributed by atoms with van der Waals surface area (Å²) in [4.78, 5) is 11.4. The van der Waals surface area contributed by atoms with E-state index in [-0.39, 0.29) is 0 Å². The molecule has 2 N–H and O–H groups in total. The second-order valence-electron chi connectivity index (χ2n) is 5.66. The Morgan fingerprint density at radius 2 is 1.95 bits per heavy atom. The van der Waals surface area contributed by atoms with Gasteiger partial charge in [-0.15, -0.1) is 0 Å². The summed E-state index contributed by atoms with van der Waals surface area (Å²) in [6.07, 6.45) is 10.4. The van der Waals surface area contributed by atoms with Crippen LogP contribution in [-0.2, 0) is 0 Å². The van der Waals surface area contributed by atoms with Gasteiger partial charge in [-0.2, -0.15) is 0 Å². The molecular formula is C14H20N4S. The van der Waals surface area contributed by atoms with Crippen LogP contribution in [0.3, 0.4) is 0 Å². The lowest BCUT2D eigenvalue weighted by Gasteiger charge is -2.41. The lowest BCUT2D eigenvalue weighted by Crippen LogP contribution is -2.42. The zero-order valence-electron chi connectivity index (χ0n) is 11.1. The number of hydrogen-bond donors (Lipinski definition) is 1. The summed E-state index contributed by atoms with van der Waals surface area (Å²) in [7, 11) is 0. The van der Waals surface area contributed by atoms with Gasteiger partial charge in [0.05, 0.1) is 12.4 Å². The third-order valence-corrected chi connectivity index (χ3v) is 4.71. The van der Waals surface area contributed by atoms with Crippen LogP contribution in [0.2, 0.25) is 0 Å². The molecule has 0 aromatic carbocycles. The first-order chi connectivity index (χ1) is 9.24. The van der Waals surface area contributed by atoms with Gasteiger partial charge in [0.1, 0.15) is 16.5 Å². The predicted octanol–water partition coefficient (Wildman–Crippen LogP) is 2.13. The van der Waals surface area contributed by atoms with Gasteiger partial charge in [-0.1, -0.05) is 31.5 Å². The number of nitrogens with zero attached hydrogens (tertiary/aromatic N) is 3. The molecule has 2 fully saturated rings. The Morgan fingerprint density at radius 3 is 2.63 bits per heavy atom. The molecule has 0 radical (unpaired) electrons. The molecule has 4 nitrogen and oxygen atoms in total. The number of fused-ring (bicyclic) bond motifs is 1. The molecule has 1 saturated carbocycles. The molecule has 2 atom stereocenters. The van der Waals surface area contributed by atoms with Crippen LogP contribution >= 0.6 is 12.2 Å². The molecule has 102 valence electrons. The van der Waals surface area contributed by atoms with Crippen molar-refractivity contribution < 1.29 is 0 Å². The van der Waals surface area contributed by atoms with Crippen LogP contribution in [0.4, 0.5) is 5.82 Å². The van der Waals surface area contributed by atoms with E-state index in [1.165, 1.54) is 32.1 Å². The van der Waals surface area contributed by atoms with Crippen molar-refractivity contribution in [1.82, 2.24) is 9.97 Å². The quantitative estimate of drug-likeness (QED) is 0.839. The maximum atomic E-state index is 5.55. The molecule has 19 heavy (non-hydrogen) atoms. The molecule has 0 amide bonds. The normalized spacial score (nSPS) is 26.8. The highest BCUT2D eigenvalue weighted by Gasteiger charge is 2.31. The van der Waals surface area contributed by atoms with Crippen molar-refractivity contribution in [1.29, 1.82) is 0 Å². The average molecular weight is 276 g/mol. The van der Waals surface area contributed by atoms with Crippen LogP contribution in [0.5, 0.6) is 0 Å². The summed E-state index contributed by atoms with van der Waals surface area (Å²) >= 11 is 4.90. The van der Waals surface area contributed by atoms with Gasteiger partial charge in [-0.3, -0.25) is 0 Å². The Morgan fingerprint density at radius 1 is 1.16 bits per heavy atom. The summed E-state index contributed by atoms with van der Waals surface area (Å²) in [5.41, 5.74) is 6.15. The van der Waals surface area contributed by atoms with Crippen molar-refractivity contribution in [2.45, 2.75) is 32.1 Å². The number of hydrogen-bond acceptors (Lipinski definition) is 4. The fourth-order valence-electron chi connectivity index (χ4n) is 3.42. The predicted molar refractivity (Wildman–Crippen MR) is 80.2 cm³/mol. The second-order valence-corrected chi connectivity index (χ2v) is 6.10. The lowest BCUT2D eigenvalue weighted by molar-refractivity contribution is 0.202. The van der Waals surface area contributed by atoms with E-state index in [4.69, 9.17) is 18.0 Å². The first-order valence-corrected chi connectivity index (χ1v) is 7.51. The third-order valence-electron chi connectivity index (χ3n) is 4.51. The van der Waals surface area contributed by atoms with Gasteiger partial charge >= 0.3 is 0 Å². The van der Waals surface area contributed by atoms with Crippen molar-refractivity contribution in [3.63, 3.8) is 0 Å². The Hall–Kier alpha value is -1.23. The van der Waals surface area contributed by atoms with Crippen LogP contribution in [0, 0.1) is 11.8 Å². The van der Waals surface area contributed by atoms with E-state index in [0.717, 1.165) is 30.7 Å². The molecule has 5 heteroatoms. The average Bonchev–Trinajstić information content (AvgIpc) is 2.47. The number of piperidine rings is 1. The minimum absolute atomic E-state index is 0.310. The Bertz CT molecular complexity index is 459. The first-order valence-electron chi connectivity index (χ1n) is 7.11. The minimum Gasteiger partial charge on any atom is -0.388 e. The van der Waals surface area contributed by atoms with Crippen LogP contribution < -0.4 is 10.6 Å². The topological polar surface area (TPSA) is 55.0 Å². The molecule has 3 rings (SSSR count). The zero-order valence-corrected chi connectivity index (χ0v) is 11.9. The maximum Gasteiger partial charge on any atom is 0.147 e. The highest BCUT2D eigenvalue weighted by atomic mass is 32.1. The molecule has 2 heterocycles. The van der Waals surface area contributed by atoms with E-state index in [1.54, 1.807) is 12.4 Å². The van der Waals surface area contributed by atoms with E-state index in [9.17, 15) is 0 Å². The van der Waals surface area contributed by atoms with Crippen molar-refractivity contribution in [3.05, 3.63) is 18.1 Å². The molecule has 1 saturated heterocycles. The van der Waals surface area contributed by atoms with Gasteiger partial charge in [0, 0.05) is 13.1 Å². The monoisotopic (exact) mass is 276 g/mol. The zero-order chi connectivity index (χ0) is 13.2. The molecule has 0 spiro atoms. The highest BCUT2D eigenvalue weighted by Crippen LogP contribution is 2.36. The standard InChI is InChI=1S/C14H20N4S/c15-14(19)12-7-17-13(8-16-12)18-6-5-10-3-1-2-4-11(10)9-18/h7-8,10-11H,1-6,9H2,(H2,15,19). The Kier molecular flexibility index (Phi) is 3.64. The van der Waals surface area contributed by atoms with Gasteiger partial charge in [-0.05, 0) is 24.7 Å². The van der Waals surface area contributed by atoms with Crippen LogP contribution in [-0.4, -0.2) is 28.0 Å². The van der Waals surface area contributed by atoms with Crippen molar-refractivity contribution >= 4 is 23.0 Å². The fourth-order valence-corrected chi connectivity index (χ4v) is 3.53. The van der Waals surface area contributed by atoms with E-state index >= 15 is 0 Å². The van der Waals surface area contributed by atoms with Crippen LogP contribution in [0.1, 0.15) is 37.8 Å². The Labute approximate surface area is 119 Å². The second kappa shape index (κ2) is 5.41. The van der Waals surface area contributed by atoms with Gasteiger partial charge in [-0.25, -0.2) is 9.97 Å². The summed E-state index contributed by atoms with van der Waals surface area (Å²) in [5.74, 6) is 2.75. The molecular weight excluding hydrogens is 256 g/mol. The molecule has 1 aliphatic carbocycles. The molecule has 2 aliphatic rings. The van der Waals surface area contributed by atoms with E-state index in [1.807, 2.05) is 0 Å². The smallest absolute Gasteiger partial charge is 0.147 e. The van der Waals surface area contributed by atoms with Crippen molar-refractivity contribution in [2.24, 2.45) is 17.6 Å². The van der Waals surface area contributed by atoms with Crippen LogP contribution in [0.25, 0.3) is 0 Å². The van der Waals surface area contributed by atoms with Crippen molar-refractivity contribution in [3.8, 4) is 0 Å². The van der Waals surface area contributed by atoms with E-state index < -0.39 is 0 Å². The largest absolute Gasteiger partial charge is 0.388 e. The molecule has 1 aromatic heterocycles. The first kappa shape index (κ1) is 12.8. The number of rotatable bonds is 2. The number of anilines is 1. The van der Waals surface area contributed by atoms with Gasteiger partial charge in [0.15, 0.2) is 0 Å². The van der Waals surface area contributed by atoms with Gasteiger partial charge in [0.25, 0.3) is 0 Å². The van der Waals surface area contributed by atoms with Crippen LogP contribution in [0.15, 0.2) is 12.4 Å². The Balaban J connectivity index is 1.70. The lowest BCUT2D eigenvalue weighted by atomic mass is 9.75. The summed E-state index contributed by atoms with van der Waals surface area (Å²) in [6, 6.07) is 0. The SMILES string of the molecule is NC(=S)c1cnc(N2CCC3CCCCC3C2)cn1. The maximum absolute atomic E-state index is 5.55. The summed E-state index contributed by atoms with van der Waals surface area (Å²) in [5, 5.41) is 0. The van der Waals surface area contributed by atoms with E-state index in [2.05, 4.69) is 14.9 Å². The van der Waals surface area contributed by atoms with E-state index in [0.29, 0.717) is 10.7 Å². The molecule has 2 unspecified atom stereocenters. The van der Waals surface area contributed by atoms with Gasteiger partial charge in [0.2, 0.25) is 0 Å². The number of thiocarbonyl (C=S) groups is 1. The van der Waals surface area contributed by atoms with Crippen molar-refractivity contribution in [2.75, 3.05) is 18.0 Å². The number of nitrogens with two attached hydrogens (primary N) is 1. The number of aromatic nitrogens is 2. The third kappa shape index (κ3) is 2.71. The summed E-state index contributed by atoms with van der Waals surface area (Å²) in [6.45, 7) is 2.23. The molecule has 1 aromatic rings. The molecule has 0 bridgehead atoms. The highest BCUT2D eigenvalue weighted by molar-refractivity contribution is 7.80.